The summed E-state index contributed by atoms with van der Waals surface area (Å²) >= 11 is 0. The van der Waals surface area contributed by atoms with Crippen LogP contribution < -0.4 is 14.2 Å². The Balaban J connectivity index is 2.01. The molecule has 0 unspecified atom stereocenters. The molecule has 0 aromatic heterocycles. The Morgan fingerprint density at radius 2 is 1.77 bits per heavy atom. The minimum Gasteiger partial charge on any atom is -0.493 e. The normalized spacial score (nSPS) is 12.7. The first kappa shape index (κ1) is 22.5. The van der Waals surface area contributed by atoms with Gasteiger partial charge in [-0.05, 0) is 44.0 Å². The number of benzene rings is 2. The van der Waals surface area contributed by atoms with Crippen LogP contribution in [0, 0.1) is 0 Å². The lowest BCUT2D eigenvalue weighted by molar-refractivity contribution is -0.159. The van der Waals surface area contributed by atoms with Crippen LogP contribution >= 0.6 is 0 Å². The summed E-state index contributed by atoms with van der Waals surface area (Å²) in [7, 11) is 3.08. The SMILES string of the molecule is CCCC(=O)OC(C)(C)COc1c(-c2cccc3c2COC3=O)ccc(OC)c1OC. The molecule has 2 aromatic carbocycles. The van der Waals surface area contributed by atoms with Crippen molar-refractivity contribution >= 4 is 11.9 Å². The van der Waals surface area contributed by atoms with Crippen molar-refractivity contribution in [3.8, 4) is 28.4 Å². The van der Waals surface area contributed by atoms with Gasteiger partial charge in [0, 0.05) is 17.5 Å². The molecule has 0 spiro atoms. The minimum absolute atomic E-state index is 0.101. The topological polar surface area (TPSA) is 80.3 Å². The summed E-state index contributed by atoms with van der Waals surface area (Å²) in [6.07, 6.45) is 1.06. The summed E-state index contributed by atoms with van der Waals surface area (Å²) < 4.78 is 28.0. The molecular formula is C24H28O7. The molecule has 7 nitrogen and oxygen atoms in total. The highest BCUT2D eigenvalue weighted by molar-refractivity contribution is 5.96. The fourth-order valence-electron chi connectivity index (χ4n) is 3.49. The van der Waals surface area contributed by atoms with E-state index in [4.69, 9.17) is 23.7 Å². The Kier molecular flexibility index (Phi) is 6.73. The van der Waals surface area contributed by atoms with Crippen molar-refractivity contribution in [1.29, 1.82) is 0 Å². The molecule has 1 aliphatic rings. The number of cyclic esters (lactones) is 1. The molecule has 0 aliphatic carbocycles. The smallest absolute Gasteiger partial charge is 0.338 e. The van der Waals surface area contributed by atoms with Gasteiger partial charge in [0.15, 0.2) is 11.5 Å². The first-order valence-electron chi connectivity index (χ1n) is 10.2. The number of fused-ring (bicyclic) bond motifs is 1. The molecule has 166 valence electrons. The standard InChI is InChI=1S/C24H28O7/c1-6-8-20(25)31-24(2,3)14-30-21-16(11-12-19(27-4)22(21)28-5)15-9-7-10-17-18(15)13-29-23(17)26/h7,9-12H,6,8,13-14H2,1-5H3. The van der Waals surface area contributed by atoms with E-state index < -0.39 is 5.60 Å². The van der Waals surface area contributed by atoms with Gasteiger partial charge in [-0.15, -0.1) is 0 Å². The zero-order valence-electron chi connectivity index (χ0n) is 18.6. The maximum absolute atomic E-state index is 12.0. The summed E-state index contributed by atoms with van der Waals surface area (Å²) in [4.78, 5) is 24.0. The Hall–Kier alpha value is -3.22. The summed E-state index contributed by atoms with van der Waals surface area (Å²) in [5.74, 6) is 0.740. The maximum atomic E-state index is 12.0. The number of hydrogen-bond donors (Lipinski definition) is 0. The third-order valence-electron chi connectivity index (χ3n) is 4.94. The molecule has 2 aromatic rings. The lowest BCUT2D eigenvalue weighted by atomic mass is 9.95. The lowest BCUT2D eigenvalue weighted by Gasteiger charge is -2.27. The first-order valence-corrected chi connectivity index (χ1v) is 10.2. The molecule has 3 rings (SSSR count). The molecule has 31 heavy (non-hydrogen) atoms. The Labute approximate surface area is 182 Å². The highest BCUT2D eigenvalue weighted by Crippen LogP contribution is 2.46. The number of carbonyl (C=O) groups excluding carboxylic acids is 2. The molecule has 7 heteroatoms. The predicted octanol–water partition coefficient (Wildman–Crippen LogP) is 4.54. The zero-order chi connectivity index (χ0) is 22.6. The molecular weight excluding hydrogens is 400 g/mol. The highest BCUT2D eigenvalue weighted by atomic mass is 16.6. The van der Waals surface area contributed by atoms with E-state index in [9.17, 15) is 9.59 Å². The van der Waals surface area contributed by atoms with Gasteiger partial charge in [0.2, 0.25) is 5.75 Å². The molecule has 0 atom stereocenters. The van der Waals surface area contributed by atoms with Crippen LogP contribution in [-0.4, -0.2) is 38.4 Å². The molecule has 0 N–H and O–H groups in total. The van der Waals surface area contributed by atoms with Crippen LogP contribution in [0.25, 0.3) is 11.1 Å². The summed E-state index contributed by atoms with van der Waals surface area (Å²) in [5.41, 5.74) is 2.00. The van der Waals surface area contributed by atoms with Crippen molar-refractivity contribution in [1.82, 2.24) is 0 Å². The largest absolute Gasteiger partial charge is 0.493 e. The van der Waals surface area contributed by atoms with E-state index >= 15 is 0 Å². The van der Waals surface area contributed by atoms with Crippen LogP contribution in [0.2, 0.25) is 0 Å². The number of rotatable bonds is 9. The molecule has 0 radical (unpaired) electrons. The van der Waals surface area contributed by atoms with E-state index in [2.05, 4.69) is 0 Å². The van der Waals surface area contributed by atoms with Crippen LogP contribution in [0.5, 0.6) is 17.2 Å². The summed E-state index contributed by atoms with van der Waals surface area (Å²) in [5, 5.41) is 0. The minimum atomic E-state index is -0.852. The van der Waals surface area contributed by atoms with Gasteiger partial charge in [-0.2, -0.15) is 0 Å². The van der Waals surface area contributed by atoms with Gasteiger partial charge < -0.3 is 23.7 Å². The Morgan fingerprint density at radius 3 is 2.45 bits per heavy atom. The van der Waals surface area contributed by atoms with Crippen LogP contribution in [-0.2, 0) is 20.9 Å². The predicted molar refractivity (Wildman–Crippen MR) is 115 cm³/mol. The van der Waals surface area contributed by atoms with Gasteiger partial charge in [0.25, 0.3) is 0 Å². The number of ether oxygens (including phenoxy) is 5. The van der Waals surface area contributed by atoms with E-state index in [-0.39, 0.29) is 25.2 Å². The second-order valence-corrected chi connectivity index (χ2v) is 7.86. The van der Waals surface area contributed by atoms with Crippen molar-refractivity contribution < 1.29 is 33.3 Å². The van der Waals surface area contributed by atoms with Crippen LogP contribution in [0.1, 0.15) is 49.5 Å². The number of esters is 2. The second-order valence-electron chi connectivity index (χ2n) is 7.86. The molecule has 1 aliphatic heterocycles. The summed E-state index contributed by atoms with van der Waals surface area (Å²) in [6, 6.07) is 9.08. The van der Waals surface area contributed by atoms with Gasteiger partial charge in [-0.25, -0.2) is 4.79 Å². The van der Waals surface area contributed by atoms with Crippen LogP contribution in [0.3, 0.4) is 0 Å². The third kappa shape index (κ3) is 4.76. The highest BCUT2D eigenvalue weighted by Gasteiger charge is 2.29. The number of hydrogen-bond acceptors (Lipinski definition) is 7. The maximum Gasteiger partial charge on any atom is 0.338 e. The van der Waals surface area contributed by atoms with E-state index in [1.165, 1.54) is 7.11 Å². The van der Waals surface area contributed by atoms with E-state index in [1.54, 1.807) is 39.2 Å². The Bertz CT molecular complexity index is 978. The fraction of sp³-hybridized carbons (Fsp3) is 0.417. The van der Waals surface area contributed by atoms with E-state index in [0.29, 0.717) is 35.7 Å². The molecule has 0 saturated carbocycles. The monoisotopic (exact) mass is 428 g/mol. The third-order valence-corrected chi connectivity index (χ3v) is 4.94. The summed E-state index contributed by atoms with van der Waals surface area (Å²) in [6.45, 7) is 5.80. The van der Waals surface area contributed by atoms with Crippen molar-refractivity contribution in [3.63, 3.8) is 0 Å². The van der Waals surface area contributed by atoms with Crippen molar-refractivity contribution in [3.05, 3.63) is 41.5 Å². The number of carbonyl (C=O) groups is 2. The van der Waals surface area contributed by atoms with Gasteiger partial charge in [0.05, 0.1) is 19.8 Å². The van der Waals surface area contributed by atoms with Gasteiger partial charge >= 0.3 is 11.9 Å². The average Bonchev–Trinajstić information content (AvgIpc) is 3.12. The van der Waals surface area contributed by atoms with Gasteiger partial charge in [-0.1, -0.05) is 19.1 Å². The number of methoxy groups -OCH3 is 2. The van der Waals surface area contributed by atoms with Gasteiger partial charge in [-0.3, -0.25) is 4.79 Å². The molecule has 0 bridgehead atoms. The average molecular weight is 428 g/mol. The Morgan fingerprint density at radius 1 is 1.03 bits per heavy atom. The second kappa shape index (κ2) is 9.29. The van der Waals surface area contributed by atoms with E-state index in [1.807, 2.05) is 19.1 Å². The van der Waals surface area contributed by atoms with Crippen molar-refractivity contribution in [2.75, 3.05) is 20.8 Å². The van der Waals surface area contributed by atoms with E-state index in [0.717, 1.165) is 16.7 Å². The van der Waals surface area contributed by atoms with Crippen molar-refractivity contribution in [2.24, 2.45) is 0 Å². The molecule has 0 fully saturated rings. The van der Waals surface area contributed by atoms with Gasteiger partial charge in [0.1, 0.15) is 18.8 Å². The van der Waals surface area contributed by atoms with Crippen molar-refractivity contribution in [2.45, 2.75) is 45.8 Å². The zero-order valence-corrected chi connectivity index (χ0v) is 18.6. The quantitative estimate of drug-likeness (QED) is 0.542. The molecule has 1 heterocycles. The fourth-order valence-corrected chi connectivity index (χ4v) is 3.49. The molecule has 0 saturated heterocycles. The lowest BCUT2D eigenvalue weighted by Crippen LogP contribution is -2.34. The van der Waals surface area contributed by atoms with Crippen LogP contribution in [0.15, 0.2) is 30.3 Å². The molecule has 0 amide bonds. The van der Waals surface area contributed by atoms with Crippen LogP contribution in [0.4, 0.5) is 0 Å². The first-order chi connectivity index (χ1) is 14.8.